The van der Waals surface area contributed by atoms with Gasteiger partial charge in [0, 0.05) is 12.2 Å². The van der Waals surface area contributed by atoms with Crippen LogP contribution in [0.4, 0.5) is 5.69 Å². The molecule has 28 heavy (non-hydrogen) atoms. The smallest absolute Gasteiger partial charge is 0.238 e. The lowest BCUT2D eigenvalue weighted by atomic mass is 9.87. The molecular weight excluding hydrogens is 352 g/mol. The van der Waals surface area contributed by atoms with E-state index in [0.29, 0.717) is 6.54 Å². The molecule has 0 fully saturated rings. The van der Waals surface area contributed by atoms with Crippen LogP contribution in [0.5, 0.6) is 11.5 Å². The summed E-state index contributed by atoms with van der Waals surface area (Å²) in [6, 6.07) is 14.0. The van der Waals surface area contributed by atoms with E-state index >= 15 is 0 Å². The number of nitrogens with zero attached hydrogens (tertiary/aromatic N) is 1. The minimum absolute atomic E-state index is 0.0154. The molecule has 0 aliphatic carbocycles. The SMILES string of the molecule is COc1ccc(CCN(C)CC(=O)Nc2ccc(C(C)(C)C)cc2)cc1OC. The summed E-state index contributed by atoms with van der Waals surface area (Å²) >= 11 is 0. The molecule has 0 saturated carbocycles. The van der Waals surface area contributed by atoms with Crippen LogP contribution >= 0.6 is 0 Å². The summed E-state index contributed by atoms with van der Waals surface area (Å²) in [5, 5.41) is 2.97. The largest absolute Gasteiger partial charge is 0.493 e. The molecule has 1 N–H and O–H groups in total. The fraction of sp³-hybridized carbons (Fsp3) is 0.435. The summed E-state index contributed by atoms with van der Waals surface area (Å²) in [6.45, 7) is 7.63. The van der Waals surface area contributed by atoms with Gasteiger partial charge < -0.3 is 14.8 Å². The third-order valence-corrected chi connectivity index (χ3v) is 4.68. The highest BCUT2D eigenvalue weighted by Crippen LogP contribution is 2.27. The Morgan fingerprint density at radius 3 is 2.21 bits per heavy atom. The minimum atomic E-state index is -0.0154. The fourth-order valence-corrected chi connectivity index (χ4v) is 2.93. The van der Waals surface area contributed by atoms with Crippen LogP contribution in [-0.2, 0) is 16.6 Å². The predicted molar refractivity (Wildman–Crippen MR) is 115 cm³/mol. The molecule has 2 rings (SSSR count). The maximum atomic E-state index is 12.3. The van der Waals surface area contributed by atoms with Gasteiger partial charge in [-0.15, -0.1) is 0 Å². The predicted octanol–water partition coefficient (Wildman–Crippen LogP) is 4.11. The number of benzene rings is 2. The van der Waals surface area contributed by atoms with Crippen molar-refractivity contribution in [1.29, 1.82) is 0 Å². The van der Waals surface area contributed by atoms with Gasteiger partial charge in [0.25, 0.3) is 0 Å². The van der Waals surface area contributed by atoms with Gasteiger partial charge in [-0.1, -0.05) is 39.0 Å². The Balaban J connectivity index is 1.84. The van der Waals surface area contributed by atoms with Crippen LogP contribution in [0.15, 0.2) is 42.5 Å². The van der Waals surface area contributed by atoms with Gasteiger partial charge >= 0.3 is 0 Å². The molecule has 0 aliphatic rings. The number of hydrogen-bond donors (Lipinski definition) is 1. The Morgan fingerprint density at radius 1 is 1.00 bits per heavy atom. The topological polar surface area (TPSA) is 50.8 Å². The molecule has 5 nitrogen and oxygen atoms in total. The van der Waals surface area contributed by atoms with Crippen molar-refractivity contribution >= 4 is 11.6 Å². The van der Waals surface area contributed by atoms with Crippen molar-refractivity contribution in [3.63, 3.8) is 0 Å². The van der Waals surface area contributed by atoms with E-state index in [1.54, 1.807) is 14.2 Å². The first-order valence-corrected chi connectivity index (χ1v) is 9.53. The zero-order valence-corrected chi connectivity index (χ0v) is 17.8. The minimum Gasteiger partial charge on any atom is -0.493 e. The van der Waals surface area contributed by atoms with Crippen LogP contribution < -0.4 is 14.8 Å². The highest BCUT2D eigenvalue weighted by molar-refractivity contribution is 5.92. The summed E-state index contributed by atoms with van der Waals surface area (Å²) < 4.78 is 10.6. The molecule has 0 saturated heterocycles. The van der Waals surface area contributed by atoms with Crippen molar-refractivity contribution in [2.75, 3.05) is 39.7 Å². The summed E-state index contributed by atoms with van der Waals surface area (Å²) in [5.74, 6) is 1.42. The van der Waals surface area contributed by atoms with Gasteiger partial charge in [-0.05, 0) is 54.3 Å². The monoisotopic (exact) mass is 384 g/mol. The van der Waals surface area contributed by atoms with Gasteiger partial charge in [0.1, 0.15) is 0 Å². The van der Waals surface area contributed by atoms with Crippen LogP contribution in [0, 0.1) is 0 Å². The lowest BCUT2D eigenvalue weighted by molar-refractivity contribution is -0.117. The Labute approximate surface area is 168 Å². The number of anilines is 1. The zero-order valence-electron chi connectivity index (χ0n) is 17.8. The summed E-state index contributed by atoms with van der Waals surface area (Å²) in [5.41, 5.74) is 3.32. The molecule has 0 heterocycles. The van der Waals surface area contributed by atoms with Gasteiger partial charge in [0.15, 0.2) is 11.5 Å². The number of carbonyl (C=O) groups excluding carboxylic acids is 1. The molecule has 152 valence electrons. The number of methoxy groups -OCH3 is 2. The Kier molecular flexibility index (Phi) is 7.46. The van der Waals surface area contributed by atoms with Gasteiger partial charge in [-0.2, -0.15) is 0 Å². The number of rotatable bonds is 8. The standard InChI is InChI=1S/C23H32N2O3/c1-23(2,3)18-8-10-19(11-9-18)24-22(26)16-25(4)14-13-17-7-12-20(27-5)21(15-17)28-6/h7-12,15H,13-14,16H2,1-6H3,(H,24,26). The maximum Gasteiger partial charge on any atom is 0.238 e. The third-order valence-electron chi connectivity index (χ3n) is 4.68. The van der Waals surface area contributed by atoms with Crippen molar-refractivity contribution in [2.24, 2.45) is 0 Å². The lowest BCUT2D eigenvalue weighted by Gasteiger charge is -2.20. The molecule has 2 aromatic rings. The second-order valence-electron chi connectivity index (χ2n) is 8.05. The van der Waals surface area contributed by atoms with Crippen molar-refractivity contribution < 1.29 is 14.3 Å². The first-order chi connectivity index (χ1) is 13.2. The van der Waals surface area contributed by atoms with E-state index in [2.05, 4.69) is 38.2 Å². The number of amides is 1. The van der Waals surface area contributed by atoms with Gasteiger partial charge in [0.2, 0.25) is 5.91 Å². The molecule has 0 aliphatic heterocycles. The normalized spacial score (nSPS) is 11.4. The highest BCUT2D eigenvalue weighted by atomic mass is 16.5. The average molecular weight is 385 g/mol. The quantitative estimate of drug-likeness (QED) is 0.744. The van der Waals surface area contributed by atoms with Crippen LogP contribution in [0.3, 0.4) is 0 Å². The first kappa shape index (κ1) is 21.8. The van der Waals surface area contributed by atoms with Crippen molar-refractivity contribution in [3.8, 4) is 11.5 Å². The van der Waals surface area contributed by atoms with Crippen LogP contribution in [0.1, 0.15) is 31.9 Å². The van der Waals surface area contributed by atoms with E-state index in [1.807, 2.05) is 42.3 Å². The van der Waals surface area contributed by atoms with Gasteiger partial charge in [-0.3, -0.25) is 9.69 Å². The third kappa shape index (κ3) is 6.27. The van der Waals surface area contributed by atoms with E-state index in [1.165, 1.54) is 5.56 Å². The van der Waals surface area contributed by atoms with Gasteiger partial charge in [-0.25, -0.2) is 0 Å². The highest BCUT2D eigenvalue weighted by Gasteiger charge is 2.13. The molecule has 0 atom stereocenters. The van der Waals surface area contributed by atoms with E-state index in [-0.39, 0.29) is 11.3 Å². The Hall–Kier alpha value is -2.53. The number of likely N-dealkylation sites (N-methyl/N-ethyl adjacent to an activating group) is 1. The molecule has 0 unspecified atom stereocenters. The molecular formula is C23H32N2O3. The Morgan fingerprint density at radius 2 is 1.64 bits per heavy atom. The second kappa shape index (κ2) is 9.60. The lowest BCUT2D eigenvalue weighted by Crippen LogP contribution is -2.31. The summed E-state index contributed by atoms with van der Waals surface area (Å²) in [4.78, 5) is 14.3. The zero-order chi connectivity index (χ0) is 20.7. The summed E-state index contributed by atoms with van der Waals surface area (Å²) in [7, 11) is 5.20. The van der Waals surface area contributed by atoms with Crippen LogP contribution in [0.25, 0.3) is 0 Å². The van der Waals surface area contributed by atoms with E-state index in [0.717, 1.165) is 35.7 Å². The molecule has 0 bridgehead atoms. The second-order valence-corrected chi connectivity index (χ2v) is 8.05. The number of hydrogen-bond acceptors (Lipinski definition) is 4. The van der Waals surface area contributed by atoms with Crippen molar-refractivity contribution in [3.05, 3.63) is 53.6 Å². The van der Waals surface area contributed by atoms with Crippen molar-refractivity contribution in [1.82, 2.24) is 4.90 Å². The number of carbonyl (C=O) groups is 1. The molecule has 0 aromatic heterocycles. The van der Waals surface area contributed by atoms with Crippen molar-refractivity contribution in [2.45, 2.75) is 32.6 Å². The van der Waals surface area contributed by atoms with Crippen LogP contribution in [-0.4, -0.2) is 45.2 Å². The average Bonchev–Trinajstić information content (AvgIpc) is 2.65. The van der Waals surface area contributed by atoms with Gasteiger partial charge in [0.05, 0.1) is 20.8 Å². The van der Waals surface area contributed by atoms with E-state index < -0.39 is 0 Å². The van der Waals surface area contributed by atoms with Crippen LogP contribution in [0.2, 0.25) is 0 Å². The Bertz CT molecular complexity index is 779. The van der Waals surface area contributed by atoms with E-state index in [4.69, 9.17) is 9.47 Å². The first-order valence-electron chi connectivity index (χ1n) is 9.53. The number of nitrogens with one attached hydrogen (secondary N) is 1. The fourth-order valence-electron chi connectivity index (χ4n) is 2.93. The van der Waals surface area contributed by atoms with E-state index in [9.17, 15) is 4.79 Å². The molecule has 1 amide bonds. The molecule has 0 radical (unpaired) electrons. The molecule has 0 spiro atoms. The number of ether oxygens (including phenoxy) is 2. The summed E-state index contributed by atoms with van der Waals surface area (Å²) in [6.07, 6.45) is 0.824. The maximum absolute atomic E-state index is 12.3. The molecule has 2 aromatic carbocycles. The molecule has 5 heteroatoms.